The fraction of sp³-hybridized carbons (Fsp3) is 0.417. The summed E-state index contributed by atoms with van der Waals surface area (Å²) in [5.41, 5.74) is 1.92. The number of hydrogen-bond acceptors (Lipinski definition) is 2. The molecule has 0 bridgehead atoms. The first kappa shape index (κ1) is 12.5. The van der Waals surface area contributed by atoms with Crippen LogP contribution in [0, 0.1) is 5.82 Å². The Kier molecular flexibility index (Phi) is 3.79. The molecule has 0 spiro atoms. The predicted octanol–water partition coefficient (Wildman–Crippen LogP) is 2.00. The predicted molar refractivity (Wildman–Crippen MR) is 67.0 cm³/mol. The smallest absolute Gasteiger partial charge is 0.234 e. The van der Waals surface area contributed by atoms with Crippen LogP contribution >= 0.6 is 15.9 Å². The molecule has 1 aliphatic rings. The van der Waals surface area contributed by atoms with Gasteiger partial charge in [0, 0.05) is 13.1 Å². The lowest BCUT2D eigenvalue weighted by molar-refractivity contribution is -0.131. The SMILES string of the molecule is C[C@H]1NCc2ccc(F)cc2CN1C(=O)CBr. The Labute approximate surface area is 108 Å². The molecule has 1 heterocycles. The molecule has 1 aliphatic heterocycles. The molecule has 17 heavy (non-hydrogen) atoms. The van der Waals surface area contributed by atoms with Crippen molar-refractivity contribution in [1.82, 2.24) is 10.2 Å². The molecule has 2 rings (SSSR count). The lowest BCUT2D eigenvalue weighted by Gasteiger charge is -2.27. The number of rotatable bonds is 1. The van der Waals surface area contributed by atoms with Gasteiger partial charge in [-0.3, -0.25) is 10.1 Å². The molecule has 0 aliphatic carbocycles. The van der Waals surface area contributed by atoms with Crippen molar-refractivity contribution < 1.29 is 9.18 Å². The molecule has 0 radical (unpaired) electrons. The summed E-state index contributed by atoms with van der Waals surface area (Å²) in [5.74, 6) is -0.258. The van der Waals surface area contributed by atoms with E-state index >= 15 is 0 Å². The molecule has 3 nitrogen and oxygen atoms in total. The van der Waals surface area contributed by atoms with Gasteiger partial charge in [0.2, 0.25) is 5.91 Å². The number of nitrogens with zero attached hydrogens (tertiary/aromatic N) is 1. The molecule has 5 heteroatoms. The lowest BCUT2D eigenvalue weighted by Crippen LogP contribution is -2.45. The minimum Gasteiger partial charge on any atom is -0.322 e. The molecule has 0 fully saturated rings. The van der Waals surface area contributed by atoms with E-state index in [-0.39, 0.29) is 23.2 Å². The van der Waals surface area contributed by atoms with Gasteiger partial charge in [-0.15, -0.1) is 0 Å². The molecule has 0 saturated heterocycles. The number of hydrogen-bond donors (Lipinski definition) is 1. The van der Waals surface area contributed by atoms with Crippen molar-refractivity contribution in [3.8, 4) is 0 Å². The summed E-state index contributed by atoms with van der Waals surface area (Å²) in [5, 5.41) is 3.53. The fourth-order valence-corrected chi connectivity index (χ4v) is 2.31. The molecule has 1 amide bonds. The fourth-order valence-electron chi connectivity index (χ4n) is 1.98. The Hall–Kier alpha value is -0.940. The highest BCUT2D eigenvalue weighted by molar-refractivity contribution is 9.09. The van der Waals surface area contributed by atoms with Gasteiger partial charge in [0.1, 0.15) is 5.82 Å². The van der Waals surface area contributed by atoms with Crippen LogP contribution in [0.25, 0.3) is 0 Å². The van der Waals surface area contributed by atoms with Gasteiger partial charge in [-0.05, 0) is 30.2 Å². The van der Waals surface area contributed by atoms with Gasteiger partial charge in [-0.1, -0.05) is 22.0 Å². The molecule has 92 valence electrons. The normalized spacial score (nSPS) is 19.7. The third-order valence-corrected chi connectivity index (χ3v) is 3.48. The molecule has 0 unspecified atom stereocenters. The first-order chi connectivity index (χ1) is 8.11. The summed E-state index contributed by atoms with van der Waals surface area (Å²) in [4.78, 5) is 13.5. The number of amides is 1. The molecule has 1 atom stereocenters. The van der Waals surface area contributed by atoms with Crippen LogP contribution in [0.4, 0.5) is 4.39 Å². The number of carbonyl (C=O) groups is 1. The van der Waals surface area contributed by atoms with E-state index in [1.165, 1.54) is 12.1 Å². The van der Waals surface area contributed by atoms with E-state index in [2.05, 4.69) is 21.2 Å². The monoisotopic (exact) mass is 300 g/mol. The van der Waals surface area contributed by atoms with Gasteiger partial charge in [0.25, 0.3) is 0 Å². The summed E-state index contributed by atoms with van der Waals surface area (Å²) in [6.07, 6.45) is -0.0458. The van der Waals surface area contributed by atoms with Crippen LogP contribution in [0.1, 0.15) is 18.1 Å². The Morgan fingerprint density at radius 2 is 2.35 bits per heavy atom. The summed E-state index contributed by atoms with van der Waals surface area (Å²) in [6, 6.07) is 4.73. The van der Waals surface area contributed by atoms with Gasteiger partial charge >= 0.3 is 0 Å². The van der Waals surface area contributed by atoms with Crippen molar-refractivity contribution >= 4 is 21.8 Å². The largest absolute Gasteiger partial charge is 0.322 e. The van der Waals surface area contributed by atoms with Gasteiger partial charge in [0.15, 0.2) is 0 Å². The van der Waals surface area contributed by atoms with E-state index < -0.39 is 0 Å². The van der Waals surface area contributed by atoms with Gasteiger partial charge in [-0.2, -0.15) is 0 Å². The lowest BCUT2D eigenvalue weighted by atomic mass is 10.1. The van der Waals surface area contributed by atoms with E-state index in [4.69, 9.17) is 0 Å². The second-order valence-corrected chi connectivity index (χ2v) is 4.69. The number of benzene rings is 1. The average molecular weight is 301 g/mol. The highest BCUT2D eigenvalue weighted by Crippen LogP contribution is 2.19. The van der Waals surface area contributed by atoms with Crippen LogP contribution in [0.3, 0.4) is 0 Å². The summed E-state index contributed by atoms with van der Waals surface area (Å²) in [7, 11) is 0. The molecule has 1 aromatic rings. The van der Waals surface area contributed by atoms with Gasteiger partial charge in [0.05, 0.1) is 11.5 Å². The Balaban J connectivity index is 2.31. The van der Waals surface area contributed by atoms with Crippen molar-refractivity contribution in [3.05, 3.63) is 35.1 Å². The Morgan fingerprint density at radius 1 is 1.59 bits per heavy atom. The quantitative estimate of drug-likeness (QED) is 0.805. The van der Waals surface area contributed by atoms with Crippen molar-refractivity contribution in [3.63, 3.8) is 0 Å². The number of fused-ring (bicyclic) bond motifs is 1. The summed E-state index contributed by atoms with van der Waals surface area (Å²) >= 11 is 3.16. The van der Waals surface area contributed by atoms with Crippen LogP contribution in [0.5, 0.6) is 0 Å². The number of halogens is 2. The zero-order valence-electron chi connectivity index (χ0n) is 9.54. The zero-order valence-corrected chi connectivity index (χ0v) is 11.1. The highest BCUT2D eigenvalue weighted by atomic mass is 79.9. The number of carbonyl (C=O) groups excluding carboxylic acids is 1. The van der Waals surface area contributed by atoms with Crippen molar-refractivity contribution in [1.29, 1.82) is 0 Å². The minimum absolute atomic E-state index is 0.00195. The van der Waals surface area contributed by atoms with Gasteiger partial charge in [-0.25, -0.2) is 4.39 Å². The third-order valence-electron chi connectivity index (χ3n) is 3.00. The average Bonchev–Trinajstić information content (AvgIpc) is 2.48. The van der Waals surface area contributed by atoms with Crippen LogP contribution in [-0.4, -0.2) is 22.3 Å². The van der Waals surface area contributed by atoms with E-state index in [9.17, 15) is 9.18 Å². The molecule has 0 saturated carbocycles. The van der Waals surface area contributed by atoms with Crippen LogP contribution in [0.15, 0.2) is 18.2 Å². The maximum absolute atomic E-state index is 13.2. The van der Waals surface area contributed by atoms with Crippen LogP contribution in [0.2, 0.25) is 0 Å². The highest BCUT2D eigenvalue weighted by Gasteiger charge is 2.23. The third kappa shape index (κ3) is 2.66. The maximum Gasteiger partial charge on any atom is 0.234 e. The summed E-state index contributed by atoms with van der Waals surface area (Å²) < 4.78 is 13.2. The second-order valence-electron chi connectivity index (χ2n) is 4.13. The molecule has 1 N–H and O–H groups in total. The first-order valence-electron chi connectivity index (χ1n) is 5.48. The molecular weight excluding hydrogens is 287 g/mol. The minimum atomic E-state index is -0.260. The van der Waals surface area contributed by atoms with Crippen LogP contribution in [-0.2, 0) is 17.9 Å². The summed E-state index contributed by atoms with van der Waals surface area (Å²) in [6.45, 7) is 3.04. The standard InChI is InChI=1S/C12H14BrFN2O/c1-8-15-6-9-2-3-11(14)4-10(9)7-16(8)12(17)5-13/h2-4,8,15H,5-7H2,1H3/t8-/m0/s1. The van der Waals surface area contributed by atoms with Crippen LogP contribution < -0.4 is 5.32 Å². The second kappa shape index (κ2) is 5.14. The maximum atomic E-state index is 13.2. The molecular formula is C12H14BrFN2O. The zero-order chi connectivity index (χ0) is 12.4. The van der Waals surface area contributed by atoms with Crippen molar-refractivity contribution in [2.45, 2.75) is 26.2 Å². The molecule has 0 aromatic heterocycles. The first-order valence-corrected chi connectivity index (χ1v) is 6.60. The van der Waals surface area contributed by atoms with E-state index in [1.807, 2.05) is 6.92 Å². The van der Waals surface area contributed by atoms with Gasteiger partial charge < -0.3 is 4.90 Å². The Bertz CT molecular complexity index is 439. The van der Waals surface area contributed by atoms with E-state index in [0.29, 0.717) is 13.1 Å². The number of alkyl halides is 1. The Morgan fingerprint density at radius 3 is 3.06 bits per heavy atom. The van der Waals surface area contributed by atoms with E-state index in [0.717, 1.165) is 11.1 Å². The number of nitrogens with one attached hydrogen (secondary N) is 1. The van der Waals surface area contributed by atoms with Crippen molar-refractivity contribution in [2.75, 3.05) is 5.33 Å². The molecule has 1 aromatic carbocycles. The van der Waals surface area contributed by atoms with Crippen molar-refractivity contribution in [2.24, 2.45) is 0 Å². The van der Waals surface area contributed by atoms with E-state index in [1.54, 1.807) is 11.0 Å². The topological polar surface area (TPSA) is 32.3 Å².